The van der Waals surface area contributed by atoms with Gasteiger partial charge in [0.1, 0.15) is 0 Å². The van der Waals surface area contributed by atoms with Crippen molar-refractivity contribution in [3.63, 3.8) is 0 Å². The molecular formula is C25H32N2O2S. The van der Waals surface area contributed by atoms with Gasteiger partial charge in [-0.25, -0.2) is 0 Å². The first kappa shape index (κ1) is 21.1. The summed E-state index contributed by atoms with van der Waals surface area (Å²) in [5.74, 6) is 1.21. The van der Waals surface area contributed by atoms with Crippen LogP contribution in [0.25, 0.3) is 0 Å². The largest absolute Gasteiger partial charge is 0.333 e. The minimum atomic E-state index is 0.102. The average molecular weight is 425 g/mol. The first-order valence-electron chi connectivity index (χ1n) is 11.4. The summed E-state index contributed by atoms with van der Waals surface area (Å²) in [7, 11) is 0. The van der Waals surface area contributed by atoms with E-state index in [1.54, 1.807) is 0 Å². The fraction of sp³-hybridized carbons (Fsp3) is 0.520. The Labute approximate surface area is 183 Å². The minimum Gasteiger partial charge on any atom is -0.333 e. The lowest BCUT2D eigenvalue weighted by Gasteiger charge is -2.29. The summed E-state index contributed by atoms with van der Waals surface area (Å²) in [4.78, 5) is 28.2. The molecule has 0 unspecified atom stereocenters. The molecule has 0 saturated heterocycles. The maximum absolute atomic E-state index is 12.8. The number of thiophene rings is 1. The summed E-state index contributed by atoms with van der Waals surface area (Å²) in [6.07, 6.45) is 9.13. The molecule has 5 heteroatoms. The van der Waals surface area contributed by atoms with Gasteiger partial charge in [0.15, 0.2) is 0 Å². The molecule has 1 N–H and O–H groups in total. The second kappa shape index (κ2) is 9.78. The van der Waals surface area contributed by atoms with Gasteiger partial charge in [0.25, 0.3) is 5.91 Å². The van der Waals surface area contributed by atoms with Crippen LogP contribution in [0.5, 0.6) is 0 Å². The highest BCUT2D eigenvalue weighted by Crippen LogP contribution is 2.33. The fourth-order valence-electron chi connectivity index (χ4n) is 4.81. The molecule has 1 saturated carbocycles. The van der Waals surface area contributed by atoms with Crippen LogP contribution in [0.3, 0.4) is 0 Å². The maximum Gasteiger partial charge on any atom is 0.264 e. The van der Waals surface area contributed by atoms with Gasteiger partial charge in [-0.15, -0.1) is 11.3 Å². The van der Waals surface area contributed by atoms with Crippen molar-refractivity contribution in [1.82, 2.24) is 4.90 Å². The van der Waals surface area contributed by atoms with Crippen molar-refractivity contribution in [2.75, 3.05) is 11.9 Å². The van der Waals surface area contributed by atoms with Gasteiger partial charge in [0, 0.05) is 24.7 Å². The molecule has 1 fully saturated rings. The molecule has 1 aromatic carbocycles. The lowest BCUT2D eigenvalue weighted by atomic mass is 9.79. The Kier molecular flexibility index (Phi) is 6.88. The average Bonchev–Trinajstić information content (AvgIpc) is 3.32. The van der Waals surface area contributed by atoms with Gasteiger partial charge in [-0.1, -0.05) is 38.3 Å². The number of hydrogen-bond acceptors (Lipinski definition) is 3. The second-order valence-electron chi connectivity index (χ2n) is 8.79. The van der Waals surface area contributed by atoms with Gasteiger partial charge in [-0.2, -0.15) is 0 Å². The van der Waals surface area contributed by atoms with Gasteiger partial charge in [0.2, 0.25) is 5.91 Å². The Bertz CT molecular complexity index is 869. The SMILES string of the molecule is CCCCC1CCC(C(=O)Nc2ccc3c(c2)CN(C(=O)c2cccs2)CC3)CC1. The van der Waals surface area contributed by atoms with E-state index >= 15 is 0 Å². The number of carbonyl (C=O) groups is 2. The van der Waals surface area contributed by atoms with Crippen molar-refractivity contribution in [3.05, 3.63) is 51.7 Å². The molecular weight excluding hydrogens is 392 g/mol. The molecule has 1 aromatic heterocycles. The summed E-state index contributed by atoms with van der Waals surface area (Å²) in [6, 6.07) is 9.99. The van der Waals surface area contributed by atoms with Crippen LogP contribution >= 0.6 is 11.3 Å². The fourth-order valence-corrected chi connectivity index (χ4v) is 5.51. The minimum absolute atomic E-state index is 0.102. The Morgan fingerprint density at radius 2 is 1.97 bits per heavy atom. The van der Waals surface area contributed by atoms with Crippen LogP contribution in [0, 0.1) is 11.8 Å². The molecule has 2 amide bonds. The van der Waals surface area contributed by atoms with Crippen LogP contribution in [-0.2, 0) is 17.8 Å². The van der Waals surface area contributed by atoms with E-state index in [0.717, 1.165) is 47.9 Å². The lowest BCUT2D eigenvalue weighted by molar-refractivity contribution is -0.121. The molecule has 4 rings (SSSR count). The lowest BCUT2D eigenvalue weighted by Crippen LogP contribution is -2.35. The van der Waals surface area contributed by atoms with Gasteiger partial charge < -0.3 is 10.2 Å². The molecule has 30 heavy (non-hydrogen) atoms. The van der Waals surface area contributed by atoms with E-state index in [1.807, 2.05) is 28.5 Å². The number of anilines is 1. The van der Waals surface area contributed by atoms with Crippen molar-refractivity contribution < 1.29 is 9.59 Å². The highest BCUT2D eigenvalue weighted by Gasteiger charge is 2.27. The molecule has 1 aliphatic heterocycles. The van der Waals surface area contributed by atoms with E-state index < -0.39 is 0 Å². The number of carbonyl (C=O) groups excluding carboxylic acids is 2. The smallest absolute Gasteiger partial charge is 0.264 e. The number of fused-ring (bicyclic) bond motifs is 1. The van der Waals surface area contributed by atoms with Gasteiger partial charge >= 0.3 is 0 Å². The number of nitrogens with one attached hydrogen (secondary N) is 1. The second-order valence-corrected chi connectivity index (χ2v) is 9.73. The summed E-state index contributed by atoms with van der Waals surface area (Å²) in [5, 5.41) is 5.09. The number of amides is 2. The van der Waals surface area contributed by atoms with E-state index in [9.17, 15) is 9.59 Å². The van der Waals surface area contributed by atoms with E-state index in [0.29, 0.717) is 6.54 Å². The van der Waals surface area contributed by atoms with Crippen molar-refractivity contribution in [1.29, 1.82) is 0 Å². The highest BCUT2D eigenvalue weighted by molar-refractivity contribution is 7.12. The third-order valence-electron chi connectivity index (χ3n) is 6.69. The summed E-state index contributed by atoms with van der Waals surface area (Å²) in [6.45, 7) is 3.60. The van der Waals surface area contributed by atoms with E-state index in [1.165, 1.54) is 49.0 Å². The van der Waals surface area contributed by atoms with Gasteiger partial charge in [-0.3, -0.25) is 9.59 Å². The first-order valence-corrected chi connectivity index (χ1v) is 12.3. The summed E-state index contributed by atoms with van der Waals surface area (Å²) in [5.41, 5.74) is 3.28. The monoisotopic (exact) mass is 424 g/mol. The predicted octanol–water partition coefficient (Wildman–Crippen LogP) is 5.88. The van der Waals surface area contributed by atoms with Crippen molar-refractivity contribution in [2.45, 2.75) is 64.8 Å². The maximum atomic E-state index is 12.8. The first-order chi connectivity index (χ1) is 14.6. The summed E-state index contributed by atoms with van der Waals surface area (Å²) < 4.78 is 0. The number of hydrogen-bond donors (Lipinski definition) is 1. The zero-order chi connectivity index (χ0) is 20.9. The van der Waals surface area contributed by atoms with Crippen LogP contribution in [-0.4, -0.2) is 23.3 Å². The highest BCUT2D eigenvalue weighted by atomic mass is 32.1. The number of rotatable bonds is 6. The van der Waals surface area contributed by atoms with Crippen LogP contribution in [0.4, 0.5) is 5.69 Å². The molecule has 2 heterocycles. The predicted molar refractivity (Wildman–Crippen MR) is 123 cm³/mol. The third kappa shape index (κ3) is 4.94. The molecule has 0 radical (unpaired) electrons. The van der Waals surface area contributed by atoms with E-state index in [2.05, 4.69) is 24.4 Å². The zero-order valence-corrected chi connectivity index (χ0v) is 18.7. The van der Waals surface area contributed by atoms with Gasteiger partial charge in [0.05, 0.1) is 4.88 Å². The Morgan fingerprint density at radius 1 is 1.13 bits per heavy atom. The van der Waals surface area contributed by atoms with Crippen LogP contribution in [0.1, 0.15) is 72.7 Å². The van der Waals surface area contributed by atoms with E-state index in [-0.39, 0.29) is 17.7 Å². The zero-order valence-electron chi connectivity index (χ0n) is 17.9. The van der Waals surface area contributed by atoms with Gasteiger partial charge in [-0.05, 0) is 72.7 Å². The van der Waals surface area contributed by atoms with Crippen LogP contribution < -0.4 is 5.32 Å². The number of benzene rings is 1. The Morgan fingerprint density at radius 3 is 2.70 bits per heavy atom. The van der Waals surface area contributed by atoms with Crippen LogP contribution in [0.15, 0.2) is 35.7 Å². The van der Waals surface area contributed by atoms with E-state index in [4.69, 9.17) is 0 Å². The van der Waals surface area contributed by atoms with Crippen LogP contribution in [0.2, 0.25) is 0 Å². The van der Waals surface area contributed by atoms with Crippen molar-refractivity contribution in [3.8, 4) is 0 Å². The third-order valence-corrected chi connectivity index (χ3v) is 7.55. The molecule has 0 atom stereocenters. The molecule has 0 spiro atoms. The van der Waals surface area contributed by atoms with Crippen molar-refractivity contribution in [2.24, 2.45) is 11.8 Å². The standard InChI is InChI=1S/C25H32N2O2S/c1-2-3-5-18-7-9-20(10-8-18)24(28)26-22-12-11-19-13-14-27(17-21(19)16-22)25(29)23-6-4-15-30-23/h4,6,11-12,15-16,18,20H,2-3,5,7-10,13-14,17H2,1H3,(H,26,28). The molecule has 2 aliphatic rings. The number of nitrogens with zero attached hydrogens (tertiary/aromatic N) is 1. The quantitative estimate of drug-likeness (QED) is 0.629. The Hall–Kier alpha value is -2.14. The summed E-state index contributed by atoms with van der Waals surface area (Å²) >= 11 is 1.49. The van der Waals surface area contributed by atoms with Crippen molar-refractivity contribution >= 4 is 28.8 Å². The number of unbranched alkanes of at least 4 members (excludes halogenated alkanes) is 1. The topological polar surface area (TPSA) is 49.4 Å². The molecule has 160 valence electrons. The molecule has 0 bridgehead atoms. The normalized spacial score (nSPS) is 21.2. The molecule has 1 aliphatic carbocycles. The Balaban J connectivity index is 1.35. The molecule has 4 nitrogen and oxygen atoms in total. The molecule has 2 aromatic rings.